The largest absolute Gasteiger partial charge is 0.276 e. The lowest BCUT2D eigenvalue weighted by Crippen LogP contribution is -2.14. The molecule has 0 N–H and O–H groups in total. The molecule has 2 nitrogen and oxygen atoms in total. The molecule has 1 fully saturated rings. The third-order valence-corrected chi connectivity index (χ3v) is 3.59. The molecule has 72 valence electrons. The fourth-order valence-electron chi connectivity index (χ4n) is 2.05. The zero-order valence-corrected chi connectivity index (χ0v) is 9.50. The third kappa shape index (κ3) is 2.13. The molecule has 0 amide bonds. The average molecular weight is 243 g/mol. The van der Waals surface area contributed by atoms with Crippen molar-refractivity contribution in [3.63, 3.8) is 0 Å². The van der Waals surface area contributed by atoms with Crippen LogP contribution in [0, 0.1) is 0 Å². The van der Waals surface area contributed by atoms with Crippen molar-refractivity contribution >= 4 is 15.9 Å². The maximum Gasteiger partial charge on any atom is 0.0655 e. The van der Waals surface area contributed by atoms with E-state index in [-0.39, 0.29) is 0 Å². The van der Waals surface area contributed by atoms with Crippen molar-refractivity contribution in [2.24, 2.45) is 7.05 Å². The van der Waals surface area contributed by atoms with Gasteiger partial charge < -0.3 is 0 Å². The van der Waals surface area contributed by atoms with Crippen LogP contribution in [0.15, 0.2) is 12.3 Å². The Morgan fingerprint density at radius 3 is 3.00 bits per heavy atom. The van der Waals surface area contributed by atoms with Gasteiger partial charge in [-0.3, -0.25) is 4.68 Å². The lowest BCUT2D eigenvalue weighted by molar-refractivity contribution is 0.447. The molecule has 0 radical (unpaired) electrons. The summed E-state index contributed by atoms with van der Waals surface area (Å²) in [5.74, 6) is 0.680. The van der Waals surface area contributed by atoms with Gasteiger partial charge in [0.2, 0.25) is 0 Å². The molecular formula is C10H15BrN2. The van der Waals surface area contributed by atoms with Crippen LogP contribution < -0.4 is 0 Å². The first-order chi connectivity index (χ1) is 6.25. The van der Waals surface area contributed by atoms with E-state index >= 15 is 0 Å². The summed E-state index contributed by atoms with van der Waals surface area (Å²) < 4.78 is 1.90. The molecule has 2 rings (SSSR count). The van der Waals surface area contributed by atoms with Crippen LogP contribution in [0.5, 0.6) is 0 Å². The topological polar surface area (TPSA) is 17.8 Å². The fraction of sp³-hybridized carbons (Fsp3) is 0.700. The van der Waals surface area contributed by atoms with Crippen LogP contribution in [-0.2, 0) is 7.05 Å². The van der Waals surface area contributed by atoms with E-state index in [1.807, 2.05) is 17.9 Å². The van der Waals surface area contributed by atoms with Crippen LogP contribution in [0.25, 0.3) is 0 Å². The monoisotopic (exact) mass is 242 g/mol. The second-order valence-electron chi connectivity index (χ2n) is 3.88. The van der Waals surface area contributed by atoms with Crippen molar-refractivity contribution in [1.82, 2.24) is 9.78 Å². The Labute approximate surface area is 87.5 Å². The highest BCUT2D eigenvalue weighted by Gasteiger charge is 2.22. The molecule has 3 heteroatoms. The predicted octanol–water partition coefficient (Wildman–Crippen LogP) is 2.84. The van der Waals surface area contributed by atoms with Crippen molar-refractivity contribution in [2.75, 3.05) is 0 Å². The van der Waals surface area contributed by atoms with Crippen LogP contribution in [-0.4, -0.2) is 14.6 Å². The summed E-state index contributed by atoms with van der Waals surface area (Å²) in [6.45, 7) is 0. The molecular weight excluding hydrogens is 228 g/mol. The van der Waals surface area contributed by atoms with Crippen LogP contribution in [0.3, 0.4) is 0 Å². The summed E-state index contributed by atoms with van der Waals surface area (Å²) in [6.07, 6.45) is 7.24. The number of nitrogens with zero attached hydrogens (tertiary/aromatic N) is 2. The van der Waals surface area contributed by atoms with E-state index in [9.17, 15) is 0 Å². The van der Waals surface area contributed by atoms with Gasteiger partial charge in [0.05, 0.1) is 5.69 Å². The molecule has 1 saturated carbocycles. The van der Waals surface area contributed by atoms with Gasteiger partial charge in [-0.05, 0) is 25.3 Å². The normalized spacial score (nSPS) is 29.1. The van der Waals surface area contributed by atoms with Gasteiger partial charge >= 0.3 is 0 Å². The summed E-state index contributed by atoms with van der Waals surface area (Å²) in [5, 5.41) is 4.46. The van der Waals surface area contributed by atoms with Gasteiger partial charge in [-0.15, -0.1) is 0 Å². The molecule has 1 heterocycles. The molecule has 0 bridgehead atoms. The molecule has 1 aliphatic rings. The minimum absolute atomic E-state index is 0.680. The Hall–Kier alpha value is -0.310. The van der Waals surface area contributed by atoms with Crippen LogP contribution in [0.1, 0.15) is 37.3 Å². The Balaban J connectivity index is 2.08. The summed E-state index contributed by atoms with van der Waals surface area (Å²) in [5.41, 5.74) is 1.27. The number of alkyl halides is 1. The van der Waals surface area contributed by atoms with Gasteiger partial charge in [-0.2, -0.15) is 5.10 Å². The van der Waals surface area contributed by atoms with Crippen LogP contribution >= 0.6 is 15.9 Å². The first kappa shape index (κ1) is 9.25. The molecule has 1 aliphatic carbocycles. The summed E-state index contributed by atoms with van der Waals surface area (Å²) in [6, 6.07) is 2.15. The van der Waals surface area contributed by atoms with E-state index in [0.717, 1.165) is 0 Å². The van der Waals surface area contributed by atoms with E-state index in [1.165, 1.54) is 31.4 Å². The summed E-state index contributed by atoms with van der Waals surface area (Å²) in [4.78, 5) is 0.702. The Bertz CT molecular complexity index is 282. The van der Waals surface area contributed by atoms with Gasteiger partial charge in [0, 0.05) is 24.0 Å². The van der Waals surface area contributed by atoms with Gasteiger partial charge in [-0.25, -0.2) is 0 Å². The van der Waals surface area contributed by atoms with Crippen molar-refractivity contribution in [3.8, 4) is 0 Å². The predicted molar refractivity (Wildman–Crippen MR) is 57.1 cm³/mol. The lowest BCUT2D eigenvalue weighted by Gasteiger charge is -2.23. The molecule has 1 aromatic rings. The fourth-order valence-corrected chi connectivity index (χ4v) is 2.82. The van der Waals surface area contributed by atoms with Gasteiger partial charge in [0.15, 0.2) is 0 Å². The van der Waals surface area contributed by atoms with Crippen molar-refractivity contribution in [1.29, 1.82) is 0 Å². The maximum atomic E-state index is 4.46. The van der Waals surface area contributed by atoms with Gasteiger partial charge in [0.25, 0.3) is 0 Å². The van der Waals surface area contributed by atoms with Crippen LogP contribution in [0.2, 0.25) is 0 Å². The maximum absolute atomic E-state index is 4.46. The van der Waals surface area contributed by atoms with Crippen LogP contribution in [0.4, 0.5) is 0 Å². The summed E-state index contributed by atoms with van der Waals surface area (Å²) >= 11 is 3.70. The van der Waals surface area contributed by atoms with E-state index in [1.54, 1.807) is 0 Å². The Kier molecular flexibility index (Phi) is 2.72. The van der Waals surface area contributed by atoms with E-state index in [4.69, 9.17) is 0 Å². The summed E-state index contributed by atoms with van der Waals surface area (Å²) in [7, 11) is 1.98. The second-order valence-corrected chi connectivity index (χ2v) is 5.17. The molecule has 0 saturated heterocycles. The number of halogens is 1. The molecule has 1 aromatic heterocycles. The van der Waals surface area contributed by atoms with Gasteiger partial charge in [-0.1, -0.05) is 22.4 Å². The molecule has 2 unspecified atom stereocenters. The zero-order chi connectivity index (χ0) is 9.26. The third-order valence-electron chi connectivity index (χ3n) is 2.76. The first-order valence-corrected chi connectivity index (χ1v) is 5.81. The van der Waals surface area contributed by atoms with E-state index < -0.39 is 0 Å². The van der Waals surface area contributed by atoms with Gasteiger partial charge in [0.1, 0.15) is 0 Å². The average Bonchev–Trinajstić information content (AvgIpc) is 2.52. The highest BCUT2D eigenvalue weighted by Crippen LogP contribution is 2.34. The Morgan fingerprint density at radius 1 is 1.54 bits per heavy atom. The number of aryl methyl sites for hydroxylation is 1. The zero-order valence-electron chi connectivity index (χ0n) is 7.91. The number of rotatable bonds is 1. The standard InChI is InChI=1S/C10H15BrN2/c1-13-6-5-10(12-13)8-3-2-4-9(11)7-8/h5-6,8-9H,2-4,7H2,1H3. The SMILES string of the molecule is Cn1ccc(C2CCCC(Br)C2)n1. The quantitative estimate of drug-likeness (QED) is 0.693. The molecule has 13 heavy (non-hydrogen) atoms. The molecule has 0 spiro atoms. The lowest BCUT2D eigenvalue weighted by atomic mass is 9.87. The number of hydrogen-bond donors (Lipinski definition) is 0. The van der Waals surface area contributed by atoms with Crippen molar-refractivity contribution in [2.45, 2.75) is 36.4 Å². The first-order valence-electron chi connectivity index (χ1n) is 4.89. The van der Waals surface area contributed by atoms with Crippen molar-refractivity contribution in [3.05, 3.63) is 18.0 Å². The molecule has 0 aromatic carbocycles. The second kappa shape index (κ2) is 3.82. The van der Waals surface area contributed by atoms with Crippen molar-refractivity contribution < 1.29 is 0 Å². The minimum Gasteiger partial charge on any atom is -0.276 e. The minimum atomic E-state index is 0.680. The smallest absolute Gasteiger partial charge is 0.0655 e. The molecule has 2 atom stereocenters. The number of hydrogen-bond acceptors (Lipinski definition) is 1. The van der Waals surface area contributed by atoms with E-state index in [0.29, 0.717) is 10.7 Å². The number of aromatic nitrogens is 2. The Morgan fingerprint density at radius 2 is 2.38 bits per heavy atom. The highest BCUT2D eigenvalue weighted by atomic mass is 79.9. The molecule has 0 aliphatic heterocycles. The highest BCUT2D eigenvalue weighted by molar-refractivity contribution is 9.09. The van der Waals surface area contributed by atoms with E-state index in [2.05, 4.69) is 27.1 Å².